The molecule has 1 amide bonds. The molecular formula is C18H23ClN4O4. The summed E-state index contributed by atoms with van der Waals surface area (Å²) in [6, 6.07) is 9.50. The monoisotopic (exact) mass is 394 g/mol. The maximum Gasteiger partial charge on any atom is 0.311 e. The summed E-state index contributed by atoms with van der Waals surface area (Å²) >= 11 is 0. The van der Waals surface area contributed by atoms with Crippen LogP contribution in [0, 0.1) is 0 Å². The number of ether oxygens (including phenoxy) is 2. The van der Waals surface area contributed by atoms with Gasteiger partial charge in [0.15, 0.2) is 0 Å². The second-order valence-electron chi connectivity index (χ2n) is 5.87. The number of nitrogens with one attached hydrogen (secondary N) is 1. The van der Waals surface area contributed by atoms with Crippen LogP contribution in [-0.2, 0) is 11.8 Å². The lowest BCUT2D eigenvalue weighted by atomic mass is 10.3. The minimum absolute atomic E-state index is 0. The number of aromatic nitrogens is 2. The van der Waals surface area contributed by atoms with E-state index in [4.69, 9.17) is 9.47 Å². The molecule has 0 aliphatic carbocycles. The number of hydrogen-bond donors (Lipinski definition) is 1. The molecule has 0 bridgehead atoms. The Morgan fingerprint density at radius 3 is 2.89 bits per heavy atom. The molecule has 0 spiro atoms. The lowest BCUT2D eigenvalue weighted by Crippen LogP contribution is -2.40. The fourth-order valence-electron chi connectivity index (χ4n) is 2.66. The van der Waals surface area contributed by atoms with Crippen molar-refractivity contribution < 1.29 is 14.3 Å². The van der Waals surface area contributed by atoms with Gasteiger partial charge >= 0.3 is 5.56 Å². The number of nitrogens with zero attached hydrogens (tertiary/aromatic N) is 3. The van der Waals surface area contributed by atoms with Gasteiger partial charge in [0, 0.05) is 20.1 Å². The summed E-state index contributed by atoms with van der Waals surface area (Å²) < 4.78 is 12.3. The molecule has 27 heavy (non-hydrogen) atoms. The van der Waals surface area contributed by atoms with E-state index < -0.39 is 0 Å². The zero-order valence-electron chi connectivity index (χ0n) is 15.1. The number of fused-ring (bicyclic) bond motifs is 1. The van der Waals surface area contributed by atoms with Crippen molar-refractivity contribution in [2.75, 3.05) is 37.7 Å². The number of rotatable bonds is 6. The van der Waals surface area contributed by atoms with E-state index in [0.717, 1.165) is 5.75 Å². The van der Waals surface area contributed by atoms with E-state index >= 15 is 0 Å². The van der Waals surface area contributed by atoms with Crippen molar-refractivity contribution >= 4 is 24.0 Å². The highest BCUT2D eigenvalue weighted by molar-refractivity contribution is 5.96. The molecule has 0 atom stereocenters. The highest BCUT2D eigenvalue weighted by Gasteiger charge is 2.25. The normalized spacial score (nSPS) is 13.0. The van der Waals surface area contributed by atoms with Gasteiger partial charge in [-0.1, -0.05) is 18.2 Å². The van der Waals surface area contributed by atoms with Gasteiger partial charge in [-0.05, 0) is 18.6 Å². The van der Waals surface area contributed by atoms with Crippen LogP contribution in [0.15, 0.2) is 41.3 Å². The van der Waals surface area contributed by atoms with E-state index in [9.17, 15) is 9.59 Å². The number of hydrogen-bond acceptors (Lipinski definition) is 6. The van der Waals surface area contributed by atoms with Crippen LogP contribution < -0.4 is 25.2 Å². The largest absolute Gasteiger partial charge is 0.492 e. The fraction of sp³-hybridized carbons (Fsp3) is 0.389. The average Bonchev–Trinajstić information content (AvgIpc) is 2.88. The first-order valence-electron chi connectivity index (χ1n) is 8.55. The zero-order chi connectivity index (χ0) is 18.4. The third kappa shape index (κ3) is 5.21. The van der Waals surface area contributed by atoms with E-state index in [1.807, 2.05) is 30.3 Å². The molecule has 1 aromatic heterocycles. The van der Waals surface area contributed by atoms with Crippen molar-refractivity contribution in [3.63, 3.8) is 0 Å². The number of para-hydroxylation sites is 1. The van der Waals surface area contributed by atoms with E-state index in [-0.39, 0.29) is 36.2 Å². The molecule has 1 aromatic carbocycles. The van der Waals surface area contributed by atoms with E-state index in [0.29, 0.717) is 38.4 Å². The number of amides is 1. The maximum absolute atomic E-state index is 12.6. The molecule has 0 fully saturated rings. The van der Waals surface area contributed by atoms with Crippen LogP contribution >= 0.6 is 12.4 Å². The molecule has 2 aromatic rings. The quantitative estimate of drug-likeness (QED) is 0.735. The van der Waals surface area contributed by atoms with Crippen LogP contribution in [0.5, 0.6) is 11.5 Å². The summed E-state index contributed by atoms with van der Waals surface area (Å²) in [5.74, 6) is 0.841. The molecule has 1 aliphatic rings. The Labute approximate surface area is 163 Å². The summed E-state index contributed by atoms with van der Waals surface area (Å²) in [7, 11) is 1.55. The molecule has 2 heterocycles. The van der Waals surface area contributed by atoms with Crippen molar-refractivity contribution in [3.05, 3.63) is 46.9 Å². The van der Waals surface area contributed by atoms with E-state index in [1.165, 1.54) is 10.9 Å². The third-order valence-corrected chi connectivity index (χ3v) is 4.01. The van der Waals surface area contributed by atoms with Gasteiger partial charge < -0.3 is 19.7 Å². The molecular weight excluding hydrogens is 372 g/mol. The van der Waals surface area contributed by atoms with E-state index in [2.05, 4.69) is 10.4 Å². The lowest BCUT2D eigenvalue weighted by molar-refractivity contribution is -0.117. The van der Waals surface area contributed by atoms with Gasteiger partial charge in [-0.2, -0.15) is 5.10 Å². The molecule has 0 saturated carbocycles. The van der Waals surface area contributed by atoms with Crippen LogP contribution in [0.25, 0.3) is 0 Å². The molecule has 3 rings (SSSR count). The van der Waals surface area contributed by atoms with Crippen LogP contribution in [0.2, 0.25) is 0 Å². The summed E-state index contributed by atoms with van der Waals surface area (Å²) in [6.07, 6.45) is 2.15. The maximum atomic E-state index is 12.6. The predicted molar refractivity (Wildman–Crippen MR) is 104 cm³/mol. The van der Waals surface area contributed by atoms with Crippen molar-refractivity contribution in [1.29, 1.82) is 0 Å². The van der Waals surface area contributed by atoms with Gasteiger partial charge in [-0.15, -0.1) is 12.4 Å². The molecule has 1 N–H and O–H groups in total. The first-order valence-corrected chi connectivity index (χ1v) is 8.55. The summed E-state index contributed by atoms with van der Waals surface area (Å²) in [6.45, 7) is 2.02. The molecule has 0 radical (unpaired) electrons. The SMILES string of the molecule is Cl.Cn1ncc2c(c1=O)OCCCN2C(=O)CNCCOc1ccccc1. The Hall–Kier alpha value is -2.58. The first kappa shape index (κ1) is 20.7. The van der Waals surface area contributed by atoms with Gasteiger partial charge in [0.05, 0.1) is 19.3 Å². The number of halogens is 1. The summed E-state index contributed by atoms with van der Waals surface area (Å²) in [5, 5.41) is 7.07. The third-order valence-electron chi connectivity index (χ3n) is 4.01. The number of carbonyl (C=O) groups is 1. The van der Waals surface area contributed by atoms with Crippen molar-refractivity contribution in [2.45, 2.75) is 6.42 Å². The molecule has 146 valence electrons. The van der Waals surface area contributed by atoms with Crippen molar-refractivity contribution in [2.24, 2.45) is 7.05 Å². The van der Waals surface area contributed by atoms with Crippen LogP contribution in [0.4, 0.5) is 5.69 Å². The lowest BCUT2D eigenvalue weighted by Gasteiger charge is -2.21. The van der Waals surface area contributed by atoms with Crippen molar-refractivity contribution in [1.82, 2.24) is 15.1 Å². The Bertz CT molecular complexity index is 813. The molecule has 0 unspecified atom stereocenters. The highest BCUT2D eigenvalue weighted by Crippen LogP contribution is 2.26. The van der Waals surface area contributed by atoms with Crippen LogP contribution in [0.1, 0.15) is 6.42 Å². The van der Waals surface area contributed by atoms with E-state index in [1.54, 1.807) is 11.9 Å². The first-order chi connectivity index (χ1) is 12.7. The van der Waals surface area contributed by atoms with Gasteiger partial charge in [-0.3, -0.25) is 9.59 Å². The molecule has 9 heteroatoms. The molecule has 8 nitrogen and oxygen atoms in total. The Kier molecular flexibility index (Phi) is 7.63. The Balaban J connectivity index is 0.00000261. The molecule has 1 aliphatic heterocycles. The summed E-state index contributed by atoms with van der Waals surface area (Å²) in [5.41, 5.74) is 0.0874. The minimum atomic E-state index is -0.341. The summed E-state index contributed by atoms with van der Waals surface area (Å²) in [4.78, 5) is 26.3. The zero-order valence-corrected chi connectivity index (χ0v) is 15.9. The van der Waals surface area contributed by atoms with Crippen molar-refractivity contribution in [3.8, 4) is 11.5 Å². The van der Waals surface area contributed by atoms with Gasteiger partial charge in [-0.25, -0.2) is 4.68 Å². The smallest absolute Gasteiger partial charge is 0.311 e. The second-order valence-corrected chi connectivity index (χ2v) is 5.87. The Morgan fingerprint density at radius 2 is 2.11 bits per heavy atom. The number of aryl methyl sites for hydroxylation is 1. The predicted octanol–water partition coefficient (Wildman–Crippen LogP) is 0.986. The minimum Gasteiger partial charge on any atom is -0.492 e. The van der Waals surface area contributed by atoms with Gasteiger partial charge in [0.2, 0.25) is 11.7 Å². The fourth-order valence-corrected chi connectivity index (χ4v) is 2.66. The Morgan fingerprint density at radius 1 is 1.33 bits per heavy atom. The van der Waals surface area contributed by atoms with Gasteiger partial charge in [0.25, 0.3) is 0 Å². The standard InChI is InChI=1S/C18H22N4O4.ClH/c1-21-18(24)17-15(12-20-21)22(9-5-10-26-17)16(23)13-19-8-11-25-14-6-3-2-4-7-14;/h2-4,6-7,12,19H,5,8-11,13H2,1H3;1H. The molecule has 0 saturated heterocycles. The average molecular weight is 395 g/mol. The highest BCUT2D eigenvalue weighted by atomic mass is 35.5. The van der Waals surface area contributed by atoms with Gasteiger partial charge in [0.1, 0.15) is 18.0 Å². The second kappa shape index (κ2) is 9.94. The topological polar surface area (TPSA) is 85.7 Å². The van der Waals surface area contributed by atoms with Crippen LogP contribution in [0.3, 0.4) is 0 Å². The number of carbonyl (C=O) groups excluding carboxylic acids is 1. The number of anilines is 1. The number of benzene rings is 1. The van der Waals surface area contributed by atoms with Crippen LogP contribution in [-0.4, -0.2) is 48.5 Å².